The summed E-state index contributed by atoms with van der Waals surface area (Å²) in [5, 5.41) is 0. The summed E-state index contributed by atoms with van der Waals surface area (Å²) in [5.74, 6) is 0. The zero-order chi connectivity index (χ0) is 11.7. The van der Waals surface area contributed by atoms with Gasteiger partial charge in [0, 0.05) is 60.5 Å². The van der Waals surface area contributed by atoms with Crippen LogP contribution >= 0.6 is 29.0 Å². The average Bonchev–Trinajstić information content (AvgIpc) is 3.10. The van der Waals surface area contributed by atoms with Crippen molar-refractivity contribution in [2.45, 2.75) is 38.5 Å². The first-order valence-corrected chi connectivity index (χ1v) is 11.1. The van der Waals surface area contributed by atoms with Crippen molar-refractivity contribution in [3.8, 4) is 0 Å². The summed E-state index contributed by atoms with van der Waals surface area (Å²) < 4.78 is 8.47. The van der Waals surface area contributed by atoms with Crippen molar-refractivity contribution < 1.29 is 0 Å². The normalized spacial score (nSPS) is 30.4. The van der Waals surface area contributed by atoms with Crippen LogP contribution in [0.1, 0.15) is 38.5 Å². The molecule has 0 aromatic heterocycles. The van der Waals surface area contributed by atoms with Crippen molar-refractivity contribution in [1.29, 1.82) is 0 Å². The summed E-state index contributed by atoms with van der Waals surface area (Å²) in [6.45, 7) is 8.03. The molecule has 3 heterocycles. The van der Waals surface area contributed by atoms with E-state index < -0.39 is 7.76 Å². The molecule has 3 aliphatic rings. The second-order valence-corrected chi connectivity index (χ2v) is 11.4. The maximum atomic E-state index is 2.84. The first-order chi connectivity index (χ1) is 8.32. The number of rotatable bonds is 3. The van der Waals surface area contributed by atoms with E-state index in [2.05, 4.69) is 34.1 Å². The van der Waals surface area contributed by atoms with Crippen molar-refractivity contribution in [2.75, 3.05) is 39.3 Å². The summed E-state index contributed by atoms with van der Waals surface area (Å²) in [6.07, 6.45) is 8.50. The van der Waals surface area contributed by atoms with Crippen LogP contribution in [0.5, 0.6) is 0 Å². The summed E-state index contributed by atoms with van der Waals surface area (Å²) >= 11 is 2.84. The third-order valence-electron chi connectivity index (χ3n) is 4.18. The van der Waals surface area contributed by atoms with Gasteiger partial charge in [0.1, 0.15) is 0 Å². The summed E-state index contributed by atoms with van der Waals surface area (Å²) in [7, 11) is -0.804. The van der Waals surface area contributed by atoms with E-state index in [0.29, 0.717) is 0 Å². The van der Waals surface area contributed by atoms with E-state index in [9.17, 15) is 0 Å². The molecule has 0 unspecified atom stereocenters. The zero-order valence-corrected chi connectivity index (χ0v) is 13.6. The van der Waals surface area contributed by atoms with Gasteiger partial charge in [-0.1, -0.05) is 0 Å². The van der Waals surface area contributed by atoms with Crippen LogP contribution < -0.4 is 0 Å². The van der Waals surface area contributed by atoms with Crippen LogP contribution in [-0.2, 0) is 0 Å². The van der Waals surface area contributed by atoms with E-state index in [1.54, 1.807) is 0 Å². The molecule has 0 aromatic rings. The highest BCUT2D eigenvalue weighted by Crippen LogP contribution is 2.67. The van der Waals surface area contributed by atoms with Crippen molar-refractivity contribution in [1.82, 2.24) is 12.9 Å². The number of hydrogen-bond donors (Lipinski definition) is 0. The molecule has 3 aliphatic heterocycles. The van der Waals surface area contributed by atoms with Crippen molar-refractivity contribution in [3.05, 3.63) is 0 Å². The van der Waals surface area contributed by atoms with Gasteiger partial charge in [-0.2, -0.15) is 0 Å². The third-order valence-corrected chi connectivity index (χ3v) is 12.3. The summed E-state index contributed by atoms with van der Waals surface area (Å²) in [5.41, 5.74) is 0. The van der Waals surface area contributed by atoms with Gasteiger partial charge in [-0.3, -0.25) is 0 Å². The van der Waals surface area contributed by atoms with Gasteiger partial charge in [-0.05, 0) is 46.3 Å². The Kier molecular flexibility index (Phi) is 4.22. The smallest absolute Gasteiger partial charge is 0.0229 e. The Hall–Kier alpha value is 0.960. The molecule has 17 heavy (non-hydrogen) atoms. The van der Waals surface area contributed by atoms with Crippen molar-refractivity contribution in [2.24, 2.45) is 0 Å². The lowest BCUT2D eigenvalue weighted by molar-refractivity contribution is 0.421. The molecule has 0 radical (unpaired) electrons. The Balaban J connectivity index is 1.81. The molecule has 0 bridgehead atoms. The van der Waals surface area contributed by atoms with Crippen LogP contribution in [0.4, 0.5) is 0 Å². The predicted molar refractivity (Wildman–Crippen MR) is 84.0 cm³/mol. The molecule has 0 atom stereocenters. The quantitative estimate of drug-likeness (QED) is 0.708. The Morgan fingerprint density at radius 3 is 1.00 bits per heavy atom. The van der Waals surface area contributed by atoms with Crippen LogP contribution in [-0.4, -0.2) is 52.2 Å². The highest BCUT2D eigenvalue weighted by molar-refractivity contribution is 14.2. The van der Waals surface area contributed by atoms with Gasteiger partial charge in [-0.25, -0.2) is 12.9 Å². The first-order valence-electron chi connectivity index (χ1n) is 7.10. The average molecular weight is 369 g/mol. The summed E-state index contributed by atoms with van der Waals surface area (Å²) in [4.78, 5) is 0. The molecule has 3 nitrogen and oxygen atoms in total. The fourth-order valence-corrected chi connectivity index (χ4v) is 9.94. The minimum atomic E-state index is -0.804. The van der Waals surface area contributed by atoms with E-state index in [4.69, 9.17) is 0 Å². The number of halogens is 1. The van der Waals surface area contributed by atoms with E-state index in [-0.39, 0.29) is 0 Å². The molecule has 0 N–H and O–H groups in total. The van der Waals surface area contributed by atoms with Crippen molar-refractivity contribution >= 4 is 29.0 Å². The summed E-state index contributed by atoms with van der Waals surface area (Å²) in [6, 6.07) is 0. The van der Waals surface area contributed by atoms with E-state index in [0.717, 1.165) is 0 Å². The fraction of sp³-hybridized carbons (Fsp3) is 1.00. The lowest BCUT2D eigenvalue weighted by Crippen LogP contribution is -2.43. The largest absolute Gasteiger partial charge is 0.237 e. The minimum Gasteiger partial charge on any atom is -0.237 e. The van der Waals surface area contributed by atoms with Gasteiger partial charge in [0.15, 0.2) is 0 Å². The van der Waals surface area contributed by atoms with Gasteiger partial charge in [0.2, 0.25) is 0 Å². The number of nitrogens with zero attached hydrogens (tertiary/aromatic N) is 3. The Morgan fingerprint density at radius 2 is 0.765 bits per heavy atom. The Bertz CT molecular complexity index is 218. The molecule has 3 fully saturated rings. The second-order valence-electron chi connectivity index (χ2n) is 5.36. The van der Waals surface area contributed by atoms with E-state index in [1.165, 1.54) is 77.8 Å². The molecular weight excluding hydrogens is 345 g/mol. The van der Waals surface area contributed by atoms with Crippen LogP contribution in [0.15, 0.2) is 0 Å². The highest BCUT2D eigenvalue weighted by Gasteiger charge is 2.43. The molecule has 5 heteroatoms. The zero-order valence-electron chi connectivity index (χ0n) is 10.6. The Morgan fingerprint density at radius 1 is 0.529 bits per heavy atom. The topological polar surface area (TPSA) is 9.72 Å². The fourth-order valence-electron chi connectivity index (χ4n) is 3.25. The molecule has 3 saturated heterocycles. The van der Waals surface area contributed by atoms with Gasteiger partial charge >= 0.3 is 0 Å². The van der Waals surface area contributed by atoms with Crippen molar-refractivity contribution in [3.63, 3.8) is 0 Å². The third kappa shape index (κ3) is 2.38. The minimum absolute atomic E-state index is 0.804. The van der Waals surface area contributed by atoms with Crippen LogP contribution in [0.3, 0.4) is 0 Å². The van der Waals surface area contributed by atoms with Gasteiger partial charge in [0.05, 0.1) is 0 Å². The maximum Gasteiger partial charge on any atom is 0.0229 e. The first kappa shape index (κ1) is 13.0. The molecule has 0 aliphatic carbocycles. The van der Waals surface area contributed by atoms with Gasteiger partial charge in [0.25, 0.3) is 0 Å². The van der Waals surface area contributed by atoms with Crippen LogP contribution in [0.25, 0.3) is 0 Å². The van der Waals surface area contributed by atoms with E-state index >= 15 is 0 Å². The van der Waals surface area contributed by atoms with Crippen LogP contribution in [0, 0.1) is 0 Å². The highest BCUT2D eigenvalue weighted by atomic mass is 127. The maximum absolute atomic E-state index is 2.84. The molecule has 0 aromatic carbocycles. The molecule has 3 rings (SSSR count). The van der Waals surface area contributed by atoms with Gasteiger partial charge in [-0.15, -0.1) is 0 Å². The second kappa shape index (κ2) is 5.53. The van der Waals surface area contributed by atoms with Crippen LogP contribution in [0.2, 0.25) is 0 Å². The number of hydrogen-bond acceptors (Lipinski definition) is 3. The predicted octanol–water partition coefficient (Wildman–Crippen LogP) is 3.17. The SMILES string of the molecule is IS(N1CCCC1)(N1CCCC1)N1CCCC1. The molecule has 100 valence electrons. The van der Waals surface area contributed by atoms with Gasteiger partial charge < -0.3 is 0 Å². The molecule has 0 spiro atoms. The molecule has 0 saturated carbocycles. The molecular formula is C12H24IN3S. The monoisotopic (exact) mass is 369 g/mol. The van der Waals surface area contributed by atoms with E-state index in [1.807, 2.05) is 0 Å². The lowest BCUT2D eigenvalue weighted by atomic mass is 10.4. The molecule has 0 amide bonds. The standard InChI is InChI=1S/C12H24IN3S/c13-17(14-7-1-2-8-14,15-9-3-4-10-15)16-11-5-6-12-16/h1-12H2. The lowest BCUT2D eigenvalue weighted by Gasteiger charge is -2.53. The Labute approximate surface area is 119 Å².